The van der Waals surface area contributed by atoms with Crippen molar-refractivity contribution in [3.63, 3.8) is 0 Å². The molecule has 1 atom stereocenters. The van der Waals surface area contributed by atoms with Crippen molar-refractivity contribution in [3.8, 4) is 0 Å². The van der Waals surface area contributed by atoms with Crippen LogP contribution < -0.4 is 5.32 Å². The van der Waals surface area contributed by atoms with Gasteiger partial charge in [-0.25, -0.2) is 4.39 Å². The number of hydrogen-bond donors (Lipinski definition) is 1. The first-order valence-electron chi connectivity index (χ1n) is 6.93. The first-order valence-corrected chi connectivity index (χ1v) is 7.30. The van der Waals surface area contributed by atoms with E-state index >= 15 is 0 Å². The quantitative estimate of drug-likeness (QED) is 0.809. The third kappa shape index (κ3) is 4.06. The Bertz CT molecular complexity index is 542. The predicted octanol–water partition coefficient (Wildman–Crippen LogP) is 4.76. The van der Waals surface area contributed by atoms with E-state index in [9.17, 15) is 4.39 Å². The minimum absolute atomic E-state index is 0.101. The molecule has 2 aromatic rings. The Kier molecular flexibility index (Phi) is 5.57. The van der Waals surface area contributed by atoms with Gasteiger partial charge in [0.2, 0.25) is 0 Å². The van der Waals surface area contributed by atoms with Crippen LogP contribution in [-0.4, -0.2) is 6.54 Å². The second-order valence-corrected chi connectivity index (χ2v) is 5.28. The number of nitrogens with one attached hydrogen (secondary N) is 1. The zero-order valence-corrected chi connectivity index (χ0v) is 12.3. The summed E-state index contributed by atoms with van der Waals surface area (Å²) in [5, 5.41) is 3.64. The van der Waals surface area contributed by atoms with E-state index in [-0.39, 0.29) is 16.9 Å². The molecule has 1 nitrogen and oxygen atoms in total. The van der Waals surface area contributed by atoms with E-state index < -0.39 is 0 Å². The Morgan fingerprint density at radius 2 is 1.90 bits per heavy atom. The summed E-state index contributed by atoms with van der Waals surface area (Å²) in [5.74, 6) is -0.361. The largest absolute Gasteiger partial charge is 0.310 e. The lowest BCUT2D eigenvalue weighted by Gasteiger charge is -2.19. The monoisotopic (exact) mass is 291 g/mol. The van der Waals surface area contributed by atoms with Gasteiger partial charge in [0.25, 0.3) is 0 Å². The summed E-state index contributed by atoms with van der Waals surface area (Å²) >= 11 is 5.75. The standard InChI is InChI=1S/C17H19ClFN/c1-2-10-20-17(11-13-6-4-3-5-7-13)14-8-9-15(18)16(19)12-14/h3-9,12,17,20H,2,10-11H2,1H3. The van der Waals surface area contributed by atoms with E-state index in [0.717, 1.165) is 24.9 Å². The van der Waals surface area contributed by atoms with Crippen molar-refractivity contribution in [3.05, 3.63) is 70.5 Å². The van der Waals surface area contributed by atoms with Gasteiger partial charge < -0.3 is 5.32 Å². The molecule has 0 heterocycles. The number of benzene rings is 2. The van der Waals surface area contributed by atoms with Crippen LogP contribution in [0.15, 0.2) is 48.5 Å². The van der Waals surface area contributed by atoms with Gasteiger partial charge in [-0.1, -0.05) is 54.9 Å². The van der Waals surface area contributed by atoms with Gasteiger partial charge in [-0.3, -0.25) is 0 Å². The van der Waals surface area contributed by atoms with E-state index in [2.05, 4.69) is 24.4 Å². The summed E-state index contributed by atoms with van der Waals surface area (Å²) in [4.78, 5) is 0. The van der Waals surface area contributed by atoms with Crippen LogP contribution in [0.2, 0.25) is 5.02 Å². The maximum Gasteiger partial charge on any atom is 0.142 e. The highest BCUT2D eigenvalue weighted by Crippen LogP contribution is 2.23. The Hall–Kier alpha value is -1.38. The summed E-state index contributed by atoms with van der Waals surface area (Å²) < 4.78 is 13.6. The molecule has 0 aromatic heterocycles. The van der Waals surface area contributed by atoms with E-state index in [1.165, 1.54) is 11.6 Å². The van der Waals surface area contributed by atoms with Crippen LogP contribution in [0.4, 0.5) is 4.39 Å². The predicted molar refractivity (Wildman–Crippen MR) is 82.6 cm³/mol. The zero-order valence-electron chi connectivity index (χ0n) is 11.6. The molecule has 1 N–H and O–H groups in total. The fourth-order valence-electron chi connectivity index (χ4n) is 2.21. The Labute approximate surface area is 124 Å². The molecule has 0 saturated heterocycles. The molecule has 3 heteroatoms. The van der Waals surface area contributed by atoms with Crippen LogP contribution in [0.1, 0.15) is 30.5 Å². The molecular weight excluding hydrogens is 273 g/mol. The van der Waals surface area contributed by atoms with Crippen molar-refractivity contribution in [2.75, 3.05) is 6.54 Å². The second kappa shape index (κ2) is 7.41. The molecule has 0 amide bonds. The highest BCUT2D eigenvalue weighted by atomic mass is 35.5. The molecule has 106 valence electrons. The fourth-order valence-corrected chi connectivity index (χ4v) is 2.32. The highest BCUT2D eigenvalue weighted by Gasteiger charge is 2.13. The molecule has 0 saturated carbocycles. The van der Waals surface area contributed by atoms with Crippen LogP contribution in [-0.2, 0) is 6.42 Å². The average Bonchev–Trinajstić information content (AvgIpc) is 2.47. The smallest absolute Gasteiger partial charge is 0.142 e. The molecule has 0 aliphatic carbocycles. The van der Waals surface area contributed by atoms with Crippen molar-refractivity contribution in [2.24, 2.45) is 0 Å². The zero-order chi connectivity index (χ0) is 14.4. The molecule has 20 heavy (non-hydrogen) atoms. The normalized spacial score (nSPS) is 12.3. The van der Waals surface area contributed by atoms with Gasteiger partial charge in [-0.15, -0.1) is 0 Å². The Morgan fingerprint density at radius 1 is 1.15 bits per heavy atom. The molecule has 0 radical (unpaired) electrons. The second-order valence-electron chi connectivity index (χ2n) is 4.87. The summed E-state index contributed by atoms with van der Waals surface area (Å²) in [6.45, 7) is 3.02. The van der Waals surface area contributed by atoms with Gasteiger partial charge in [0.15, 0.2) is 0 Å². The number of rotatable bonds is 6. The first kappa shape index (κ1) is 15.0. The molecule has 1 unspecified atom stereocenters. The van der Waals surface area contributed by atoms with Gasteiger partial charge in [-0.05, 0) is 42.6 Å². The maximum atomic E-state index is 13.6. The van der Waals surface area contributed by atoms with E-state index in [4.69, 9.17) is 11.6 Å². The molecular formula is C17H19ClFN. The Morgan fingerprint density at radius 3 is 2.55 bits per heavy atom. The van der Waals surface area contributed by atoms with E-state index in [1.807, 2.05) is 24.3 Å². The third-order valence-corrected chi connectivity index (χ3v) is 3.58. The van der Waals surface area contributed by atoms with Crippen LogP contribution in [0.5, 0.6) is 0 Å². The lowest BCUT2D eigenvalue weighted by Crippen LogP contribution is -2.24. The van der Waals surface area contributed by atoms with Crippen LogP contribution in [0.25, 0.3) is 0 Å². The van der Waals surface area contributed by atoms with Crippen molar-refractivity contribution >= 4 is 11.6 Å². The minimum atomic E-state index is -0.361. The average molecular weight is 292 g/mol. The van der Waals surface area contributed by atoms with Gasteiger partial charge in [0.1, 0.15) is 5.82 Å². The molecule has 2 rings (SSSR count). The molecule has 0 bridgehead atoms. The molecule has 2 aromatic carbocycles. The third-order valence-electron chi connectivity index (χ3n) is 3.27. The molecule has 0 aliphatic rings. The summed E-state index contributed by atoms with van der Waals surface area (Å²) in [5.41, 5.74) is 2.17. The first-order chi connectivity index (χ1) is 9.70. The number of hydrogen-bond acceptors (Lipinski definition) is 1. The summed E-state index contributed by atoms with van der Waals surface area (Å²) in [6, 6.07) is 15.4. The van der Waals surface area contributed by atoms with Crippen LogP contribution in [0.3, 0.4) is 0 Å². The van der Waals surface area contributed by atoms with Crippen LogP contribution in [0, 0.1) is 5.82 Å². The van der Waals surface area contributed by atoms with E-state index in [0.29, 0.717) is 0 Å². The fraction of sp³-hybridized carbons (Fsp3) is 0.294. The van der Waals surface area contributed by atoms with Gasteiger partial charge in [0.05, 0.1) is 5.02 Å². The molecule has 0 fully saturated rings. The minimum Gasteiger partial charge on any atom is -0.310 e. The summed E-state index contributed by atoms with van der Waals surface area (Å²) in [7, 11) is 0. The van der Waals surface area contributed by atoms with Crippen molar-refractivity contribution in [2.45, 2.75) is 25.8 Å². The molecule has 0 spiro atoms. The van der Waals surface area contributed by atoms with E-state index in [1.54, 1.807) is 6.07 Å². The van der Waals surface area contributed by atoms with Gasteiger partial charge in [-0.2, -0.15) is 0 Å². The van der Waals surface area contributed by atoms with Gasteiger partial charge >= 0.3 is 0 Å². The van der Waals surface area contributed by atoms with Crippen molar-refractivity contribution in [1.29, 1.82) is 0 Å². The molecule has 0 aliphatic heterocycles. The lowest BCUT2D eigenvalue weighted by atomic mass is 9.98. The van der Waals surface area contributed by atoms with Gasteiger partial charge in [0, 0.05) is 6.04 Å². The number of halogens is 2. The lowest BCUT2D eigenvalue weighted by molar-refractivity contribution is 0.524. The highest BCUT2D eigenvalue weighted by molar-refractivity contribution is 6.30. The van der Waals surface area contributed by atoms with Crippen LogP contribution >= 0.6 is 11.6 Å². The Balaban J connectivity index is 2.20. The van der Waals surface area contributed by atoms with Crippen molar-refractivity contribution < 1.29 is 4.39 Å². The summed E-state index contributed by atoms with van der Waals surface area (Å²) in [6.07, 6.45) is 1.88. The van der Waals surface area contributed by atoms with Crippen molar-refractivity contribution in [1.82, 2.24) is 5.32 Å². The SMILES string of the molecule is CCCNC(Cc1ccccc1)c1ccc(Cl)c(F)c1. The maximum absolute atomic E-state index is 13.6. The topological polar surface area (TPSA) is 12.0 Å².